The van der Waals surface area contributed by atoms with Crippen LogP contribution >= 0.6 is 0 Å². The first-order chi connectivity index (χ1) is 8.49. The van der Waals surface area contributed by atoms with Gasteiger partial charge in [-0.2, -0.15) is 0 Å². The summed E-state index contributed by atoms with van der Waals surface area (Å²) in [6.07, 6.45) is 5.23. The van der Waals surface area contributed by atoms with E-state index < -0.39 is 0 Å². The molecule has 0 heterocycles. The first-order valence-electron chi connectivity index (χ1n) is 7.61. The number of likely N-dealkylation sites (N-methyl/N-ethyl adjacent to an activating group) is 1. The van der Waals surface area contributed by atoms with Crippen LogP contribution in [0.2, 0.25) is 0 Å². The second-order valence-electron chi connectivity index (χ2n) is 6.64. The van der Waals surface area contributed by atoms with E-state index in [-0.39, 0.29) is 0 Å². The predicted octanol–water partition coefficient (Wildman–Crippen LogP) is 2.02. The van der Waals surface area contributed by atoms with Crippen molar-refractivity contribution in [2.24, 2.45) is 17.6 Å². The van der Waals surface area contributed by atoms with Gasteiger partial charge in [-0.05, 0) is 51.7 Å². The Morgan fingerprint density at radius 3 is 2.33 bits per heavy atom. The Morgan fingerprint density at radius 1 is 1.11 bits per heavy atom. The zero-order valence-corrected chi connectivity index (χ0v) is 12.9. The molecule has 2 N–H and O–H groups in total. The average Bonchev–Trinajstić information content (AvgIpc) is 2.67. The van der Waals surface area contributed by atoms with Crippen LogP contribution in [-0.4, -0.2) is 56.1 Å². The topological polar surface area (TPSA) is 32.5 Å². The molecule has 1 aliphatic rings. The van der Waals surface area contributed by atoms with Crippen LogP contribution in [0.25, 0.3) is 0 Å². The molecule has 0 amide bonds. The molecule has 108 valence electrons. The number of nitrogens with two attached hydrogens (primary N) is 1. The first kappa shape index (κ1) is 15.9. The third-order valence-electron chi connectivity index (χ3n) is 4.02. The third-order valence-corrected chi connectivity index (χ3v) is 4.02. The maximum absolute atomic E-state index is 6.16. The number of nitrogens with zero attached hydrogens (tertiary/aromatic N) is 2. The summed E-state index contributed by atoms with van der Waals surface area (Å²) in [5.74, 6) is 1.53. The quantitative estimate of drug-likeness (QED) is 0.720. The van der Waals surface area contributed by atoms with Gasteiger partial charge in [0.25, 0.3) is 0 Å². The van der Waals surface area contributed by atoms with Crippen molar-refractivity contribution in [2.45, 2.75) is 45.6 Å². The van der Waals surface area contributed by atoms with E-state index in [2.05, 4.69) is 37.7 Å². The molecule has 0 spiro atoms. The van der Waals surface area contributed by atoms with Crippen LogP contribution in [0.1, 0.15) is 39.5 Å². The van der Waals surface area contributed by atoms with Crippen LogP contribution in [0, 0.1) is 11.8 Å². The Morgan fingerprint density at radius 2 is 1.83 bits per heavy atom. The van der Waals surface area contributed by atoms with Crippen molar-refractivity contribution in [3.8, 4) is 0 Å². The molecule has 0 aliphatic heterocycles. The monoisotopic (exact) mass is 255 g/mol. The summed E-state index contributed by atoms with van der Waals surface area (Å²) in [5.41, 5.74) is 6.16. The normalized spacial score (nSPS) is 24.7. The van der Waals surface area contributed by atoms with Gasteiger partial charge in [-0.1, -0.05) is 20.3 Å². The first-order valence-corrected chi connectivity index (χ1v) is 7.61. The van der Waals surface area contributed by atoms with Crippen molar-refractivity contribution in [1.82, 2.24) is 9.80 Å². The van der Waals surface area contributed by atoms with Gasteiger partial charge >= 0.3 is 0 Å². The molecule has 1 rings (SSSR count). The standard InChI is InChI=1S/C15H33N3/c1-13(2)12-18(11-10-17(3)4)9-8-14-6-5-7-15(14)16/h13-15H,5-12,16H2,1-4H3. The minimum atomic E-state index is 0.472. The van der Waals surface area contributed by atoms with E-state index in [1.165, 1.54) is 45.3 Å². The molecule has 2 unspecified atom stereocenters. The van der Waals surface area contributed by atoms with Gasteiger partial charge in [0.15, 0.2) is 0 Å². The molecule has 3 heteroatoms. The summed E-state index contributed by atoms with van der Waals surface area (Å²) in [6, 6.07) is 0.472. The molecule has 18 heavy (non-hydrogen) atoms. The van der Waals surface area contributed by atoms with E-state index in [0.29, 0.717) is 6.04 Å². The van der Waals surface area contributed by atoms with Crippen molar-refractivity contribution in [2.75, 3.05) is 40.3 Å². The number of hydrogen-bond donors (Lipinski definition) is 1. The van der Waals surface area contributed by atoms with E-state index >= 15 is 0 Å². The summed E-state index contributed by atoms with van der Waals surface area (Å²) in [5, 5.41) is 0. The van der Waals surface area contributed by atoms with Crippen molar-refractivity contribution in [3.05, 3.63) is 0 Å². The van der Waals surface area contributed by atoms with Crippen LogP contribution in [0.5, 0.6) is 0 Å². The Labute approximate surface area is 114 Å². The van der Waals surface area contributed by atoms with E-state index in [0.717, 1.165) is 18.4 Å². The van der Waals surface area contributed by atoms with Crippen molar-refractivity contribution < 1.29 is 0 Å². The van der Waals surface area contributed by atoms with Crippen molar-refractivity contribution in [3.63, 3.8) is 0 Å². The molecule has 1 fully saturated rings. The molecule has 0 radical (unpaired) electrons. The van der Waals surface area contributed by atoms with E-state index in [1.807, 2.05) is 0 Å². The molecule has 0 saturated heterocycles. The zero-order chi connectivity index (χ0) is 13.5. The Bertz CT molecular complexity index is 216. The smallest absolute Gasteiger partial charge is 0.0109 e. The highest BCUT2D eigenvalue weighted by atomic mass is 15.2. The Balaban J connectivity index is 2.30. The van der Waals surface area contributed by atoms with Gasteiger partial charge in [0.1, 0.15) is 0 Å². The van der Waals surface area contributed by atoms with E-state index in [9.17, 15) is 0 Å². The molecular weight excluding hydrogens is 222 g/mol. The lowest BCUT2D eigenvalue weighted by Gasteiger charge is -2.27. The van der Waals surface area contributed by atoms with Gasteiger partial charge in [0, 0.05) is 25.7 Å². The van der Waals surface area contributed by atoms with Crippen LogP contribution in [0.15, 0.2) is 0 Å². The molecule has 0 aromatic carbocycles. The molecule has 3 nitrogen and oxygen atoms in total. The zero-order valence-electron chi connectivity index (χ0n) is 12.9. The maximum Gasteiger partial charge on any atom is 0.0109 e. The molecule has 0 aromatic rings. The van der Waals surface area contributed by atoms with Gasteiger partial charge in [-0.25, -0.2) is 0 Å². The van der Waals surface area contributed by atoms with Gasteiger partial charge < -0.3 is 15.5 Å². The second-order valence-corrected chi connectivity index (χ2v) is 6.64. The number of hydrogen-bond acceptors (Lipinski definition) is 3. The molecular formula is C15H33N3. The molecule has 1 saturated carbocycles. The SMILES string of the molecule is CC(C)CN(CCC1CCCC1N)CCN(C)C. The fourth-order valence-electron chi connectivity index (χ4n) is 2.92. The van der Waals surface area contributed by atoms with Gasteiger partial charge in [0.05, 0.1) is 0 Å². The van der Waals surface area contributed by atoms with E-state index in [1.54, 1.807) is 0 Å². The van der Waals surface area contributed by atoms with Gasteiger partial charge in [-0.15, -0.1) is 0 Å². The fourth-order valence-corrected chi connectivity index (χ4v) is 2.92. The summed E-state index contributed by atoms with van der Waals surface area (Å²) >= 11 is 0. The minimum absolute atomic E-state index is 0.472. The highest BCUT2D eigenvalue weighted by molar-refractivity contribution is 4.81. The van der Waals surface area contributed by atoms with Crippen LogP contribution in [-0.2, 0) is 0 Å². The van der Waals surface area contributed by atoms with Crippen LogP contribution in [0.4, 0.5) is 0 Å². The largest absolute Gasteiger partial charge is 0.327 e. The average molecular weight is 255 g/mol. The molecule has 0 bridgehead atoms. The fraction of sp³-hybridized carbons (Fsp3) is 1.00. The molecule has 1 aliphatic carbocycles. The lowest BCUT2D eigenvalue weighted by atomic mass is 10.00. The molecule has 2 atom stereocenters. The summed E-state index contributed by atoms with van der Waals surface area (Å²) in [4.78, 5) is 4.89. The van der Waals surface area contributed by atoms with Gasteiger partial charge in [-0.3, -0.25) is 0 Å². The van der Waals surface area contributed by atoms with Crippen molar-refractivity contribution >= 4 is 0 Å². The third kappa shape index (κ3) is 6.17. The lowest BCUT2D eigenvalue weighted by Crippen LogP contribution is -2.37. The Hall–Kier alpha value is -0.120. The van der Waals surface area contributed by atoms with E-state index in [4.69, 9.17) is 5.73 Å². The number of rotatable bonds is 8. The van der Waals surface area contributed by atoms with Crippen LogP contribution in [0.3, 0.4) is 0 Å². The second kappa shape index (κ2) is 8.13. The van der Waals surface area contributed by atoms with Gasteiger partial charge in [0.2, 0.25) is 0 Å². The maximum atomic E-state index is 6.16. The minimum Gasteiger partial charge on any atom is -0.327 e. The van der Waals surface area contributed by atoms with Crippen LogP contribution < -0.4 is 5.73 Å². The summed E-state index contributed by atoms with van der Waals surface area (Å²) < 4.78 is 0. The summed E-state index contributed by atoms with van der Waals surface area (Å²) in [7, 11) is 4.31. The summed E-state index contributed by atoms with van der Waals surface area (Å²) in [6.45, 7) is 9.41. The highest BCUT2D eigenvalue weighted by Gasteiger charge is 2.24. The highest BCUT2D eigenvalue weighted by Crippen LogP contribution is 2.26. The Kier molecular flexibility index (Phi) is 7.20. The predicted molar refractivity (Wildman–Crippen MR) is 79.8 cm³/mol. The lowest BCUT2D eigenvalue weighted by molar-refractivity contribution is 0.203. The van der Waals surface area contributed by atoms with Crippen molar-refractivity contribution in [1.29, 1.82) is 0 Å². The molecule has 0 aromatic heterocycles.